The Hall–Kier alpha value is -1.42. The number of hydrogen-bond donors (Lipinski definition) is 1. The third-order valence-electron chi connectivity index (χ3n) is 3.04. The Morgan fingerprint density at radius 1 is 1.41 bits per heavy atom. The second-order valence-corrected chi connectivity index (χ2v) is 4.31. The molecule has 0 bridgehead atoms. The van der Waals surface area contributed by atoms with Crippen molar-refractivity contribution < 1.29 is 9.18 Å². The van der Waals surface area contributed by atoms with Crippen molar-refractivity contribution >= 4 is 11.5 Å². The van der Waals surface area contributed by atoms with Crippen molar-refractivity contribution in [2.75, 3.05) is 31.6 Å². The zero-order valence-electron chi connectivity index (χ0n) is 10.0. The van der Waals surface area contributed by atoms with Crippen LogP contribution < -0.4 is 10.2 Å². The van der Waals surface area contributed by atoms with E-state index >= 15 is 0 Å². The predicted molar refractivity (Wildman–Crippen MR) is 66.1 cm³/mol. The molecule has 1 heterocycles. The number of halogens is 1. The van der Waals surface area contributed by atoms with Crippen LogP contribution in [0.15, 0.2) is 18.2 Å². The lowest BCUT2D eigenvalue weighted by Crippen LogP contribution is -2.24. The maximum absolute atomic E-state index is 13.3. The van der Waals surface area contributed by atoms with Crippen LogP contribution >= 0.6 is 0 Å². The summed E-state index contributed by atoms with van der Waals surface area (Å²) < 4.78 is 13.3. The van der Waals surface area contributed by atoms with Crippen LogP contribution in [-0.4, -0.2) is 32.5 Å². The highest BCUT2D eigenvalue weighted by atomic mass is 19.1. The first-order chi connectivity index (χ1) is 8.22. The molecule has 1 fully saturated rings. The van der Waals surface area contributed by atoms with E-state index in [0.29, 0.717) is 5.56 Å². The number of nitrogens with zero attached hydrogens (tertiary/aromatic N) is 1. The standard InChI is InChI=1S/C13H17FN2O/c1-15-9-13(17)11-5-4-10(14)8-12(11)16-6-2-3-7-16/h4-5,8,15H,2-3,6-7,9H2,1H3. The Kier molecular flexibility index (Phi) is 3.74. The highest BCUT2D eigenvalue weighted by Gasteiger charge is 2.19. The molecule has 0 unspecified atom stereocenters. The van der Waals surface area contributed by atoms with E-state index in [1.54, 1.807) is 13.1 Å². The minimum absolute atomic E-state index is 0.00870. The molecule has 0 saturated carbocycles. The Labute approximate surface area is 101 Å². The SMILES string of the molecule is CNCC(=O)c1ccc(F)cc1N1CCCC1. The number of carbonyl (C=O) groups excluding carboxylic acids is 1. The zero-order chi connectivity index (χ0) is 12.3. The summed E-state index contributed by atoms with van der Waals surface area (Å²) >= 11 is 0. The third-order valence-corrected chi connectivity index (χ3v) is 3.04. The van der Waals surface area contributed by atoms with Gasteiger partial charge >= 0.3 is 0 Å². The minimum Gasteiger partial charge on any atom is -0.371 e. The summed E-state index contributed by atoms with van der Waals surface area (Å²) in [6.45, 7) is 2.10. The number of rotatable bonds is 4. The van der Waals surface area contributed by atoms with E-state index in [1.807, 2.05) is 0 Å². The van der Waals surface area contributed by atoms with Gasteiger partial charge in [0.1, 0.15) is 5.82 Å². The largest absolute Gasteiger partial charge is 0.371 e. The van der Waals surface area contributed by atoms with Crippen LogP contribution in [-0.2, 0) is 0 Å². The molecule has 1 aromatic carbocycles. The summed E-state index contributed by atoms with van der Waals surface area (Å²) in [6, 6.07) is 4.40. The minimum atomic E-state index is -0.284. The van der Waals surface area contributed by atoms with Crippen molar-refractivity contribution in [3.05, 3.63) is 29.6 Å². The van der Waals surface area contributed by atoms with Gasteiger partial charge in [0.2, 0.25) is 0 Å². The molecule has 0 amide bonds. The van der Waals surface area contributed by atoms with Crippen molar-refractivity contribution in [2.24, 2.45) is 0 Å². The van der Waals surface area contributed by atoms with Gasteiger partial charge in [0, 0.05) is 18.7 Å². The normalized spacial score (nSPS) is 15.3. The van der Waals surface area contributed by atoms with Crippen molar-refractivity contribution in [3.8, 4) is 0 Å². The molecule has 0 aliphatic carbocycles. The first-order valence-corrected chi connectivity index (χ1v) is 5.94. The van der Waals surface area contributed by atoms with Gasteiger partial charge in [0.15, 0.2) is 5.78 Å². The third kappa shape index (κ3) is 2.64. The van der Waals surface area contributed by atoms with Crippen LogP contribution in [0.5, 0.6) is 0 Å². The van der Waals surface area contributed by atoms with Gasteiger partial charge in [-0.15, -0.1) is 0 Å². The fourth-order valence-corrected chi connectivity index (χ4v) is 2.22. The molecule has 1 aliphatic heterocycles. The average molecular weight is 236 g/mol. The molecule has 1 N–H and O–H groups in total. The Bertz CT molecular complexity index is 414. The second kappa shape index (κ2) is 5.27. The van der Waals surface area contributed by atoms with Crippen LogP contribution in [0.1, 0.15) is 23.2 Å². The number of likely N-dealkylation sites (N-methyl/N-ethyl adjacent to an activating group) is 1. The molecule has 2 rings (SSSR count). The van der Waals surface area contributed by atoms with E-state index in [4.69, 9.17) is 0 Å². The first kappa shape index (κ1) is 12.0. The fraction of sp³-hybridized carbons (Fsp3) is 0.462. The van der Waals surface area contributed by atoms with Crippen molar-refractivity contribution in [3.63, 3.8) is 0 Å². The van der Waals surface area contributed by atoms with Gasteiger partial charge in [0.25, 0.3) is 0 Å². The number of carbonyl (C=O) groups is 1. The Morgan fingerprint density at radius 3 is 2.76 bits per heavy atom. The number of ketones is 1. The lowest BCUT2D eigenvalue weighted by Gasteiger charge is -2.20. The van der Waals surface area contributed by atoms with Crippen molar-refractivity contribution in [2.45, 2.75) is 12.8 Å². The topological polar surface area (TPSA) is 32.3 Å². The molecule has 0 atom stereocenters. The number of hydrogen-bond acceptors (Lipinski definition) is 3. The zero-order valence-corrected chi connectivity index (χ0v) is 10.0. The highest BCUT2D eigenvalue weighted by molar-refractivity contribution is 6.02. The molecule has 3 nitrogen and oxygen atoms in total. The summed E-state index contributed by atoms with van der Waals surface area (Å²) in [7, 11) is 1.73. The summed E-state index contributed by atoms with van der Waals surface area (Å²) in [5.74, 6) is -0.276. The van der Waals surface area contributed by atoms with Gasteiger partial charge in [-0.1, -0.05) is 0 Å². The summed E-state index contributed by atoms with van der Waals surface area (Å²) in [5.41, 5.74) is 1.35. The molecule has 1 aliphatic rings. The van der Waals surface area contributed by atoms with E-state index in [1.165, 1.54) is 12.1 Å². The lowest BCUT2D eigenvalue weighted by molar-refractivity contribution is 0.0994. The molecule has 0 spiro atoms. The summed E-state index contributed by atoms with van der Waals surface area (Å²) in [6.07, 6.45) is 2.21. The van der Waals surface area contributed by atoms with Crippen LogP contribution in [0.4, 0.5) is 10.1 Å². The van der Waals surface area contributed by atoms with E-state index in [9.17, 15) is 9.18 Å². The van der Waals surface area contributed by atoms with Gasteiger partial charge in [-0.2, -0.15) is 0 Å². The molecule has 0 radical (unpaired) electrons. The van der Waals surface area contributed by atoms with E-state index in [-0.39, 0.29) is 18.1 Å². The summed E-state index contributed by atoms with van der Waals surface area (Å²) in [4.78, 5) is 14.0. The second-order valence-electron chi connectivity index (χ2n) is 4.31. The highest BCUT2D eigenvalue weighted by Crippen LogP contribution is 2.25. The van der Waals surface area contributed by atoms with Gasteiger partial charge in [-0.3, -0.25) is 4.79 Å². The number of nitrogens with one attached hydrogen (secondary N) is 1. The lowest BCUT2D eigenvalue weighted by atomic mass is 10.1. The fourth-order valence-electron chi connectivity index (χ4n) is 2.22. The maximum Gasteiger partial charge on any atom is 0.178 e. The molecule has 92 valence electrons. The molecule has 0 aromatic heterocycles. The Balaban J connectivity index is 2.33. The van der Waals surface area contributed by atoms with E-state index < -0.39 is 0 Å². The van der Waals surface area contributed by atoms with E-state index in [0.717, 1.165) is 31.6 Å². The van der Waals surface area contributed by atoms with Crippen LogP contribution in [0.2, 0.25) is 0 Å². The van der Waals surface area contributed by atoms with Gasteiger partial charge in [0.05, 0.1) is 12.2 Å². The van der Waals surface area contributed by atoms with Crippen LogP contribution in [0, 0.1) is 5.82 Å². The predicted octanol–water partition coefficient (Wildman–Crippen LogP) is 1.83. The molecule has 4 heteroatoms. The number of Topliss-reactive ketones (excluding diaryl/α,β-unsaturated/α-hetero) is 1. The molecule has 1 aromatic rings. The Morgan fingerprint density at radius 2 is 2.12 bits per heavy atom. The van der Waals surface area contributed by atoms with Crippen molar-refractivity contribution in [1.82, 2.24) is 5.32 Å². The number of benzene rings is 1. The van der Waals surface area contributed by atoms with Gasteiger partial charge in [-0.05, 0) is 38.1 Å². The van der Waals surface area contributed by atoms with E-state index in [2.05, 4.69) is 10.2 Å². The molecular formula is C13H17FN2O. The molecule has 17 heavy (non-hydrogen) atoms. The quantitative estimate of drug-likeness (QED) is 0.809. The first-order valence-electron chi connectivity index (χ1n) is 5.94. The molecule has 1 saturated heterocycles. The van der Waals surface area contributed by atoms with Crippen LogP contribution in [0.3, 0.4) is 0 Å². The summed E-state index contributed by atoms with van der Waals surface area (Å²) in [5, 5.41) is 2.84. The average Bonchev–Trinajstić information content (AvgIpc) is 2.82. The monoisotopic (exact) mass is 236 g/mol. The smallest absolute Gasteiger partial charge is 0.178 e. The molecular weight excluding hydrogens is 219 g/mol. The number of anilines is 1. The van der Waals surface area contributed by atoms with Crippen molar-refractivity contribution in [1.29, 1.82) is 0 Å². The van der Waals surface area contributed by atoms with Crippen LogP contribution in [0.25, 0.3) is 0 Å². The maximum atomic E-state index is 13.3. The van der Waals surface area contributed by atoms with Gasteiger partial charge in [-0.25, -0.2) is 4.39 Å². The van der Waals surface area contributed by atoms with Gasteiger partial charge < -0.3 is 10.2 Å².